The third kappa shape index (κ3) is 26.5. The minimum atomic E-state index is -3.53. The molecule has 6 fully saturated rings. The SMILES string of the molecule is [2H]C([2H])([2H])N(C([2H])([2H])[2H])C([2H])([2H])C([2H])([2H])c1c[nH]c2ccc(C[C@]3([2H])NC(=O)OC3([2H])[2H])cc12.[2H]C([2H])([2H])N(C)C([2H])([2H])C([2H])([2H])c1c[nH]c2ccc(C[C@]3([2H])NC(=O)OC3([2H])[2H])cc12.[2H]C([2H])(c1c[nH]c2ccc(C[C@]3([2H])NC(=O)OC3([2H])[2H])cc12)C([2H])([2H])N(C)C.[2H]N1C(=O)OC([2H])([2H])[C@]1([2H])Cc1ccc2c(c1)c(CCN(C([2H])([2H])[2H])C([2H])([2H])[2H])cn2[2H].[2H]N1C(=O)OC([2H])([2H])[C@]1([2H])Cc1ccc2c(c1)c(CCN(C)C([2H])([2H])[2H])cn2[2H].[2H]N1C(=O)OC([2H])([2H])[C@]1([2H])Cc1ccc2c(c1)c(CCN(C)C)cn2[2H]. The Balaban J connectivity index is 0.000000176. The first-order chi connectivity index (χ1) is 81.5. The molecule has 30 nitrogen and oxygen atoms in total. The van der Waals surface area contributed by atoms with Crippen LogP contribution >= 0.6 is 0 Å². The molecule has 30 heteroatoms. The monoisotopic (exact) mass is 1780 g/mol. The number of cyclic esters (lactones) is 6. The van der Waals surface area contributed by atoms with E-state index in [9.17, 15) is 28.8 Å². The molecule has 12 heterocycles. The molecule has 0 unspecified atom stereocenters. The number of carbonyl (C=O) groups is 6. The highest BCUT2D eigenvalue weighted by molar-refractivity contribution is 5.88. The maximum atomic E-state index is 11.6. The van der Waals surface area contributed by atoms with E-state index in [1.54, 1.807) is 85.2 Å². The van der Waals surface area contributed by atoms with Gasteiger partial charge in [-0.3, -0.25) is 0 Å². The number of fused-ring (bicyclic) bond motifs is 6. The van der Waals surface area contributed by atoms with Crippen LogP contribution in [0.5, 0.6) is 0 Å². The molecule has 0 bridgehead atoms. The first kappa shape index (κ1) is 44.9. The van der Waals surface area contributed by atoms with Gasteiger partial charge in [0.25, 0.3) is 0 Å². The highest BCUT2D eigenvalue weighted by Gasteiger charge is 2.29. The van der Waals surface area contributed by atoms with E-state index in [2.05, 4.69) is 59.3 Å². The number of hydrogen-bond acceptors (Lipinski definition) is 18. The molecule has 6 aliphatic heterocycles. The Morgan fingerprint density at radius 1 is 0.317 bits per heavy atom. The Kier molecular flexibility index (Phi) is 15.6. The molecule has 12 N–H and O–H groups in total. The van der Waals surface area contributed by atoms with Crippen LogP contribution in [0, 0.1) is 0 Å². The molecule has 0 spiro atoms. The number of H-pyrrole nitrogens is 6. The van der Waals surface area contributed by atoms with E-state index in [1.165, 1.54) is 91.0 Å². The fourth-order valence-corrected chi connectivity index (χ4v) is 13.2. The maximum Gasteiger partial charge on any atom is 0.407 e. The molecule has 0 aliphatic carbocycles. The van der Waals surface area contributed by atoms with Crippen molar-refractivity contribution < 1.29 is 131 Å². The van der Waals surface area contributed by atoms with Gasteiger partial charge in [0.15, 0.2) is 8.47 Å². The number of likely N-dealkylation sites (N-methyl/N-ethyl adjacent to an activating group) is 6. The molecule has 0 radical (unpaired) electrons. The standard InChI is InChI=1S/6C16H21N3O2/c6*1-19(2)6-5-12-9-17-15-4-3-11(8-14(12)15)7-13-10-21-16(20)18-13/h6*3-4,8-9,13,17H,5-7,10H2,1-2H3,(H,18,20)/t6*13-/m000000/s1/i1D3,2D3,5D2,6D2,10D2,13D;1D3,5D2,6D2,10D2,13D;5D2,6D2,10D2,13D;1D3,2D3,10D2,13D;1D3,10D2,13D;10D2,13D/hD6. The van der Waals surface area contributed by atoms with E-state index in [0.29, 0.717) is 98.9 Å². The van der Waals surface area contributed by atoms with Crippen molar-refractivity contribution in [3.8, 4) is 0 Å². The lowest BCUT2D eigenvalue weighted by atomic mass is 10.0. The fourth-order valence-electron chi connectivity index (χ4n) is 13.2. The second kappa shape index (κ2) is 43.7. The van der Waals surface area contributed by atoms with Crippen molar-refractivity contribution in [2.45, 2.75) is 113 Å². The Morgan fingerprint density at radius 2 is 0.579 bits per heavy atom. The molecule has 6 saturated heterocycles. The second-order valence-electron chi connectivity index (χ2n) is 29.2. The van der Waals surface area contributed by atoms with Crippen LogP contribution in [0.15, 0.2) is 146 Å². The average molecular weight is 1780 g/mol. The number of aromatic nitrogens is 6. The van der Waals surface area contributed by atoms with Crippen molar-refractivity contribution in [2.75, 3.05) is 163 Å². The number of amides is 6. The van der Waals surface area contributed by atoms with Crippen molar-refractivity contribution in [1.29, 1.82) is 0 Å². The third-order valence-corrected chi connectivity index (χ3v) is 19.0. The Hall–Kier alpha value is -12.1. The zero-order chi connectivity index (χ0) is 136. The molecule has 6 amide bonds. The number of nitrogens with one attached hydrogen (secondary N) is 12. The van der Waals surface area contributed by atoms with E-state index in [0.717, 1.165) is 52.6 Å². The molecule has 0 saturated carbocycles. The molecule has 6 atom stereocenters. The molecule has 6 aliphatic rings. The first-order valence-electron chi connectivity index (χ1n) is 65.4. The van der Waals surface area contributed by atoms with Crippen LogP contribution in [0.25, 0.3) is 65.4 Å². The Labute approximate surface area is 812 Å². The van der Waals surface area contributed by atoms with E-state index in [-0.39, 0.29) is 101 Å². The van der Waals surface area contributed by atoms with Crippen LogP contribution in [0.3, 0.4) is 0 Å². The quantitative estimate of drug-likeness (QED) is 0.0186. The molecule has 6 aromatic carbocycles. The van der Waals surface area contributed by atoms with E-state index < -0.39 is 204 Å². The summed E-state index contributed by atoms with van der Waals surface area (Å²) in [6.07, 6.45) is -7.35. The summed E-state index contributed by atoms with van der Waals surface area (Å²) in [5.41, 5.74) is 7.35. The van der Waals surface area contributed by atoms with Crippen molar-refractivity contribution in [3.63, 3.8) is 0 Å². The molecule has 672 valence electrons. The maximum absolute atomic E-state index is 11.6. The number of aromatic amines is 6. The van der Waals surface area contributed by atoms with Gasteiger partial charge in [0.2, 0.25) is 0 Å². The van der Waals surface area contributed by atoms with Crippen LogP contribution in [-0.4, -0.2) is 295 Å². The summed E-state index contributed by atoms with van der Waals surface area (Å²) >= 11 is 0. The van der Waals surface area contributed by atoms with Gasteiger partial charge in [-0.25, -0.2) is 28.8 Å². The van der Waals surface area contributed by atoms with Crippen molar-refractivity contribution in [2.24, 2.45) is 0 Å². The van der Waals surface area contributed by atoms with Crippen molar-refractivity contribution in [3.05, 3.63) is 213 Å². The predicted molar refractivity (Wildman–Crippen MR) is 495 cm³/mol. The van der Waals surface area contributed by atoms with Crippen molar-refractivity contribution >= 4 is 102 Å². The lowest BCUT2D eigenvalue weighted by Crippen LogP contribution is -2.28. The number of rotatable bonds is 30. The summed E-state index contributed by atoms with van der Waals surface area (Å²) in [6.45, 7) is -41.6. The van der Waals surface area contributed by atoms with Crippen LogP contribution in [-0.2, 0) is 105 Å². The van der Waals surface area contributed by atoms with Gasteiger partial charge < -0.3 is 120 Å². The topological polar surface area (TPSA) is 344 Å². The van der Waals surface area contributed by atoms with Gasteiger partial charge in [0, 0.05) is 183 Å². The van der Waals surface area contributed by atoms with E-state index in [4.69, 9.17) is 74.3 Å². The number of hydrogen-bond donors (Lipinski definition) is 12. The molecular formula is C96H126N18O12. The van der Waals surface area contributed by atoms with Gasteiger partial charge in [-0.05, 0) is 301 Å². The Bertz CT molecular complexity index is 8290. The highest BCUT2D eigenvalue weighted by Crippen LogP contribution is 2.29. The van der Waals surface area contributed by atoms with Gasteiger partial charge >= 0.3 is 36.6 Å². The van der Waals surface area contributed by atoms with Crippen LogP contribution < -0.4 is 31.9 Å². The number of nitrogens with zero attached hydrogens (tertiary/aromatic N) is 6. The van der Waals surface area contributed by atoms with Gasteiger partial charge in [0.05, 0.1) is 60.8 Å². The van der Waals surface area contributed by atoms with E-state index in [1.807, 2.05) is 19.0 Å². The summed E-state index contributed by atoms with van der Waals surface area (Å²) < 4.78 is 452. The molecular weight excluding hydrogens is 1600 g/mol. The summed E-state index contributed by atoms with van der Waals surface area (Å²) in [4.78, 5) is 85.7. The van der Waals surface area contributed by atoms with Gasteiger partial charge in [-0.2, -0.15) is 0 Å². The largest absolute Gasteiger partial charge is 0.447 e. The second-order valence-corrected chi connectivity index (χ2v) is 29.2. The number of carbonyl (C=O) groups excluding carboxylic acids is 6. The summed E-state index contributed by atoms with van der Waals surface area (Å²) in [5.74, 6) is 0. The minimum Gasteiger partial charge on any atom is -0.447 e. The van der Waals surface area contributed by atoms with Gasteiger partial charge in [-0.15, -0.1) is 0 Å². The first-order valence-corrected chi connectivity index (χ1v) is 38.7. The molecule has 126 heavy (non-hydrogen) atoms. The normalized spacial score (nSPS) is 32.0. The summed E-state index contributed by atoms with van der Waals surface area (Å²) in [6, 6.07) is 15.2. The van der Waals surface area contributed by atoms with E-state index >= 15 is 0 Å². The minimum absolute atomic E-state index is 0.00161. The van der Waals surface area contributed by atoms with Crippen LogP contribution in [0.4, 0.5) is 28.8 Å². The Morgan fingerprint density at radius 3 is 0.857 bits per heavy atom. The summed E-state index contributed by atoms with van der Waals surface area (Å²) in [7, 11) is 9.30. The van der Waals surface area contributed by atoms with Crippen LogP contribution in [0.2, 0.25) is 8.47 Å². The number of ether oxygens (including phenoxy) is 6. The van der Waals surface area contributed by atoms with Crippen LogP contribution in [0.1, 0.15) is 133 Å². The van der Waals surface area contributed by atoms with Gasteiger partial charge in [0.1, 0.15) is 39.4 Å². The van der Waals surface area contributed by atoms with Crippen molar-refractivity contribution in [1.82, 2.24) is 91.2 Å². The number of alkyl carbamates (subject to hydrolysis) is 6. The van der Waals surface area contributed by atoms with Gasteiger partial charge in [-0.1, -0.05) is 36.4 Å². The zero-order valence-electron chi connectivity index (χ0n) is 123. The predicted octanol–water partition coefficient (Wildman–Crippen LogP) is 11.5. The third-order valence-electron chi connectivity index (χ3n) is 19.0. The zero-order valence-corrected chi connectivity index (χ0v) is 68.6. The fraction of sp³-hybridized carbons (Fsp3) is 0.438. The lowest BCUT2D eigenvalue weighted by Gasteiger charge is -2.09. The number of aryl methyl sites for hydroxylation is 3. The average Bonchev–Trinajstić information content (AvgIpc) is 1.48. The molecule has 6 aromatic heterocycles. The smallest absolute Gasteiger partial charge is 0.407 e. The highest BCUT2D eigenvalue weighted by atomic mass is 16.6. The summed E-state index contributed by atoms with van der Waals surface area (Å²) in [5, 5.41) is 9.69. The number of benzene rings is 6. The molecule has 12 aromatic rings. The lowest BCUT2D eigenvalue weighted by molar-refractivity contribution is 0.176. The molecule has 18 rings (SSSR count).